The Hall–Kier alpha value is -1.80. The number of carbonyl (C=O) groups is 1. The van der Waals surface area contributed by atoms with Crippen LogP contribution >= 0.6 is 0 Å². The zero-order chi connectivity index (χ0) is 16.5. The molecular weight excluding hydrogens is 313 g/mol. The number of hydrogen-bond donors (Lipinski definition) is 1. The Morgan fingerprint density at radius 2 is 2.13 bits per heavy atom. The molecule has 2 heterocycles. The van der Waals surface area contributed by atoms with E-state index >= 15 is 0 Å². The maximum absolute atomic E-state index is 12.7. The summed E-state index contributed by atoms with van der Waals surface area (Å²) in [4.78, 5) is 13.9. The van der Waals surface area contributed by atoms with E-state index in [-0.39, 0.29) is 5.69 Å². The normalized spacial score (nSPS) is 24.9. The molecule has 2 saturated heterocycles. The minimum Gasteiger partial charge on any atom is -0.378 e. The molecule has 2 aliphatic heterocycles. The number of hydrogen-bond acceptors (Lipinski definition) is 3. The molecule has 1 spiro atoms. The number of alkyl halides is 3. The van der Waals surface area contributed by atoms with E-state index in [1.165, 1.54) is 12.1 Å². The van der Waals surface area contributed by atoms with Gasteiger partial charge in [-0.2, -0.15) is 13.2 Å². The van der Waals surface area contributed by atoms with E-state index in [0.717, 1.165) is 12.1 Å². The van der Waals surface area contributed by atoms with Crippen LogP contribution in [0.5, 0.6) is 0 Å². The van der Waals surface area contributed by atoms with Crippen molar-refractivity contribution in [2.24, 2.45) is 0 Å². The van der Waals surface area contributed by atoms with Gasteiger partial charge in [-0.25, -0.2) is 4.79 Å². The molecule has 5 nitrogen and oxygen atoms in total. The average molecular weight is 330 g/mol. The standard InChI is InChI=1S/C15H17F3N2O3/c16-15(17,18)11-2-1-3-12(8-11)19-13(21)20-5-7-23-14(9-20)4-6-22-10-14/h1-3,8H,4-7,9-10H2,(H,19,21)/t14-/m0/s1. The second kappa shape index (κ2) is 6.01. The first-order valence-corrected chi connectivity index (χ1v) is 7.33. The quantitative estimate of drug-likeness (QED) is 0.861. The zero-order valence-electron chi connectivity index (χ0n) is 12.4. The lowest BCUT2D eigenvalue weighted by atomic mass is 10.0. The Morgan fingerprint density at radius 3 is 2.83 bits per heavy atom. The fraction of sp³-hybridized carbons (Fsp3) is 0.533. The predicted octanol–water partition coefficient (Wildman–Crippen LogP) is 2.73. The highest BCUT2D eigenvalue weighted by Gasteiger charge is 2.41. The number of morpholine rings is 1. The van der Waals surface area contributed by atoms with Gasteiger partial charge in [-0.1, -0.05) is 6.07 Å². The van der Waals surface area contributed by atoms with Crippen LogP contribution in [0, 0.1) is 0 Å². The highest BCUT2D eigenvalue weighted by molar-refractivity contribution is 5.89. The molecule has 0 bridgehead atoms. The summed E-state index contributed by atoms with van der Waals surface area (Å²) in [5, 5.41) is 2.52. The Kier molecular flexibility index (Phi) is 4.20. The number of urea groups is 1. The van der Waals surface area contributed by atoms with Crippen LogP contribution in [0.2, 0.25) is 0 Å². The topological polar surface area (TPSA) is 50.8 Å². The second-order valence-corrected chi connectivity index (χ2v) is 5.76. The van der Waals surface area contributed by atoms with Crippen molar-refractivity contribution in [1.29, 1.82) is 0 Å². The van der Waals surface area contributed by atoms with Gasteiger partial charge in [0.05, 0.1) is 25.3 Å². The van der Waals surface area contributed by atoms with Gasteiger partial charge in [-0.15, -0.1) is 0 Å². The number of nitrogens with zero attached hydrogens (tertiary/aromatic N) is 1. The summed E-state index contributed by atoms with van der Waals surface area (Å²) < 4.78 is 49.2. The van der Waals surface area contributed by atoms with Crippen LogP contribution in [-0.4, -0.2) is 49.4 Å². The van der Waals surface area contributed by atoms with Crippen LogP contribution in [0.1, 0.15) is 12.0 Å². The lowest BCUT2D eigenvalue weighted by Crippen LogP contribution is -2.55. The van der Waals surface area contributed by atoms with Crippen molar-refractivity contribution in [3.05, 3.63) is 29.8 Å². The molecule has 2 fully saturated rings. The second-order valence-electron chi connectivity index (χ2n) is 5.76. The third-order valence-electron chi connectivity index (χ3n) is 4.04. The van der Waals surface area contributed by atoms with Crippen molar-refractivity contribution in [1.82, 2.24) is 4.90 Å². The zero-order valence-corrected chi connectivity index (χ0v) is 12.4. The maximum atomic E-state index is 12.7. The van der Waals surface area contributed by atoms with Crippen molar-refractivity contribution in [2.45, 2.75) is 18.2 Å². The molecule has 126 valence electrons. The molecule has 0 aromatic heterocycles. The first kappa shape index (κ1) is 16.1. The minimum atomic E-state index is -4.44. The fourth-order valence-corrected chi connectivity index (χ4v) is 2.82. The van der Waals surface area contributed by atoms with E-state index in [0.29, 0.717) is 39.3 Å². The molecule has 0 saturated carbocycles. The number of halogens is 3. The summed E-state index contributed by atoms with van der Waals surface area (Å²) in [6.45, 7) is 2.17. The number of amides is 2. The summed E-state index contributed by atoms with van der Waals surface area (Å²) >= 11 is 0. The van der Waals surface area contributed by atoms with Crippen LogP contribution in [0.4, 0.5) is 23.7 Å². The Labute approximate surface area is 131 Å². The highest BCUT2D eigenvalue weighted by atomic mass is 19.4. The summed E-state index contributed by atoms with van der Waals surface area (Å²) in [6, 6.07) is 4.16. The first-order chi connectivity index (χ1) is 10.9. The third kappa shape index (κ3) is 3.59. The molecule has 1 aromatic rings. The SMILES string of the molecule is O=C(Nc1cccc(C(F)(F)F)c1)N1CCO[C@@]2(CCOC2)C1. The molecule has 1 aromatic carbocycles. The Bertz CT molecular complexity index is 586. The van der Waals surface area contributed by atoms with Crippen LogP contribution in [0.25, 0.3) is 0 Å². The van der Waals surface area contributed by atoms with E-state index in [4.69, 9.17) is 9.47 Å². The lowest BCUT2D eigenvalue weighted by Gasteiger charge is -2.39. The van der Waals surface area contributed by atoms with Crippen molar-refractivity contribution < 1.29 is 27.4 Å². The summed E-state index contributed by atoms with van der Waals surface area (Å²) in [6.07, 6.45) is -3.73. The highest BCUT2D eigenvalue weighted by Crippen LogP contribution is 2.31. The third-order valence-corrected chi connectivity index (χ3v) is 4.04. The number of rotatable bonds is 1. The Balaban J connectivity index is 1.67. The van der Waals surface area contributed by atoms with Gasteiger partial charge in [0.25, 0.3) is 0 Å². The molecule has 2 amide bonds. The van der Waals surface area contributed by atoms with Gasteiger partial charge >= 0.3 is 12.2 Å². The number of benzene rings is 1. The van der Waals surface area contributed by atoms with Crippen molar-refractivity contribution in [3.8, 4) is 0 Å². The lowest BCUT2D eigenvalue weighted by molar-refractivity contribution is -0.137. The van der Waals surface area contributed by atoms with Gasteiger partial charge in [0.15, 0.2) is 0 Å². The van der Waals surface area contributed by atoms with E-state index in [1.807, 2.05) is 0 Å². The molecule has 2 aliphatic rings. The number of carbonyl (C=O) groups excluding carboxylic acids is 1. The summed E-state index contributed by atoms with van der Waals surface area (Å²) in [5.74, 6) is 0. The fourth-order valence-electron chi connectivity index (χ4n) is 2.82. The van der Waals surface area contributed by atoms with E-state index < -0.39 is 23.4 Å². The van der Waals surface area contributed by atoms with Gasteiger partial charge < -0.3 is 19.7 Å². The monoisotopic (exact) mass is 330 g/mol. The predicted molar refractivity (Wildman–Crippen MR) is 76.2 cm³/mol. The van der Waals surface area contributed by atoms with Gasteiger partial charge in [-0.3, -0.25) is 0 Å². The molecule has 1 atom stereocenters. The van der Waals surface area contributed by atoms with Gasteiger partial charge in [0.1, 0.15) is 5.60 Å². The summed E-state index contributed by atoms with van der Waals surface area (Å²) in [5.41, 5.74) is -1.16. The number of nitrogens with one attached hydrogen (secondary N) is 1. The van der Waals surface area contributed by atoms with Crippen LogP contribution in [0.15, 0.2) is 24.3 Å². The molecule has 0 aliphatic carbocycles. The van der Waals surface area contributed by atoms with Crippen molar-refractivity contribution in [2.75, 3.05) is 38.2 Å². The van der Waals surface area contributed by atoms with E-state index in [9.17, 15) is 18.0 Å². The molecule has 0 unspecified atom stereocenters. The molecular formula is C15H17F3N2O3. The average Bonchev–Trinajstić information content (AvgIpc) is 2.94. The number of anilines is 1. The molecule has 8 heteroatoms. The maximum Gasteiger partial charge on any atom is 0.416 e. The molecule has 3 rings (SSSR count). The van der Waals surface area contributed by atoms with Crippen LogP contribution < -0.4 is 5.32 Å². The van der Waals surface area contributed by atoms with Crippen LogP contribution in [-0.2, 0) is 15.7 Å². The van der Waals surface area contributed by atoms with Crippen molar-refractivity contribution >= 4 is 11.7 Å². The van der Waals surface area contributed by atoms with Gasteiger partial charge in [0, 0.05) is 25.3 Å². The minimum absolute atomic E-state index is 0.119. The van der Waals surface area contributed by atoms with Gasteiger partial charge in [-0.05, 0) is 18.2 Å². The molecule has 23 heavy (non-hydrogen) atoms. The smallest absolute Gasteiger partial charge is 0.378 e. The van der Waals surface area contributed by atoms with Gasteiger partial charge in [0.2, 0.25) is 0 Å². The van der Waals surface area contributed by atoms with E-state index in [1.54, 1.807) is 4.90 Å². The first-order valence-electron chi connectivity index (χ1n) is 7.33. The van der Waals surface area contributed by atoms with Crippen molar-refractivity contribution in [3.63, 3.8) is 0 Å². The van der Waals surface area contributed by atoms with E-state index in [2.05, 4.69) is 5.32 Å². The molecule has 0 radical (unpaired) electrons. The largest absolute Gasteiger partial charge is 0.416 e. The summed E-state index contributed by atoms with van der Waals surface area (Å²) in [7, 11) is 0. The number of ether oxygens (including phenoxy) is 2. The Morgan fingerprint density at radius 1 is 1.30 bits per heavy atom. The van der Waals surface area contributed by atoms with Crippen LogP contribution in [0.3, 0.4) is 0 Å². The molecule has 1 N–H and O–H groups in total.